The van der Waals surface area contributed by atoms with Gasteiger partial charge in [-0.05, 0) is 42.0 Å². The number of carbonyl (C=O) groups excluding carboxylic acids is 2. The Morgan fingerprint density at radius 1 is 1.16 bits per heavy atom. The Kier molecular flexibility index (Phi) is 4.52. The van der Waals surface area contributed by atoms with Crippen molar-refractivity contribution < 1.29 is 9.59 Å². The molecular weight excluding hydrogens is 320 g/mol. The van der Waals surface area contributed by atoms with Crippen molar-refractivity contribution in [3.63, 3.8) is 0 Å². The second-order valence-electron chi connectivity index (χ2n) is 6.90. The van der Waals surface area contributed by atoms with E-state index < -0.39 is 0 Å². The molecule has 2 heterocycles. The highest BCUT2D eigenvalue weighted by molar-refractivity contribution is 5.80. The molecule has 1 saturated heterocycles. The summed E-state index contributed by atoms with van der Waals surface area (Å²) >= 11 is 0. The van der Waals surface area contributed by atoms with Crippen LogP contribution in [0, 0.1) is 0 Å². The van der Waals surface area contributed by atoms with Crippen LogP contribution in [0.25, 0.3) is 5.69 Å². The van der Waals surface area contributed by atoms with Crippen LogP contribution in [-0.4, -0.2) is 67.0 Å². The van der Waals surface area contributed by atoms with E-state index in [2.05, 4.69) is 15.5 Å². The zero-order chi connectivity index (χ0) is 18.0. The van der Waals surface area contributed by atoms with Gasteiger partial charge in [-0.1, -0.05) is 12.1 Å². The van der Waals surface area contributed by atoms with Gasteiger partial charge in [0.15, 0.2) is 0 Å². The Morgan fingerprint density at radius 2 is 1.88 bits per heavy atom. The minimum atomic E-state index is -0.368. The lowest BCUT2D eigenvalue weighted by atomic mass is 9.97. The summed E-state index contributed by atoms with van der Waals surface area (Å²) in [6, 6.07) is 7.59. The van der Waals surface area contributed by atoms with Gasteiger partial charge in [-0.15, -0.1) is 5.10 Å². The average Bonchev–Trinajstić information content (AvgIpc) is 3.08. The van der Waals surface area contributed by atoms with E-state index in [1.807, 2.05) is 43.0 Å². The van der Waals surface area contributed by atoms with E-state index in [4.69, 9.17) is 0 Å². The molecule has 1 aromatic heterocycles. The maximum absolute atomic E-state index is 12.8. The van der Waals surface area contributed by atoms with E-state index in [-0.39, 0.29) is 17.4 Å². The van der Waals surface area contributed by atoms with E-state index in [0.717, 1.165) is 11.3 Å². The predicted molar refractivity (Wildman–Crippen MR) is 90.9 cm³/mol. The van der Waals surface area contributed by atoms with Gasteiger partial charge in [-0.3, -0.25) is 9.59 Å². The number of benzene rings is 1. The van der Waals surface area contributed by atoms with Crippen LogP contribution in [0.15, 0.2) is 30.6 Å². The largest absolute Gasteiger partial charge is 0.339 e. The monoisotopic (exact) mass is 342 g/mol. The minimum absolute atomic E-state index is 0.0540. The van der Waals surface area contributed by atoms with Crippen LogP contribution in [0.5, 0.6) is 0 Å². The summed E-state index contributed by atoms with van der Waals surface area (Å²) < 4.78 is 1.57. The molecule has 0 aliphatic carbocycles. The van der Waals surface area contributed by atoms with E-state index in [1.54, 1.807) is 16.5 Å². The first-order valence-corrected chi connectivity index (χ1v) is 8.25. The van der Waals surface area contributed by atoms with Crippen molar-refractivity contribution in [3.8, 4) is 5.69 Å². The molecule has 8 heteroatoms. The number of aromatic nitrogens is 4. The number of hydrogen-bond acceptors (Lipinski definition) is 5. The molecule has 0 radical (unpaired) electrons. The fourth-order valence-electron chi connectivity index (χ4n) is 3.20. The lowest BCUT2D eigenvalue weighted by molar-refractivity contribution is -0.146. The fourth-order valence-corrected chi connectivity index (χ4v) is 3.20. The Hall–Kier alpha value is -2.77. The molecule has 0 unspecified atom stereocenters. The molecule has 0 bridgehead atoms. The van der Waals surface area contributed by atoms with Gasteiger partial charge in [-0.25, -0.2) is 4.68 Å². The summed E-state index contributed by atoms with van der Waals surface area (Å²) in [5, 5.41) is 11.1. The minimum Gasteiger partial charge on any atom is -0.339 e. The molecule has 0 saturated carbocycles. The molecule has 1 aliphatic rings. The molecular formula is C17H22N6O2. The van der Waals surface area contributed by atoms with Crippen molar-refractivity contribution in [1.29, 1.82) is 0 Å². The van der Waals surface area contributed by atoms with Crippen molar-refractivity contribution in [2.45, 2.75) is 32.7 Å². The molecule has 2 aromatic rings. The topological polar surface area (TPSA) is 84.2 Å². The maximum Gasteiger partial charge on any atom is 0.227 e. The molecule has 8 nitrogen and oxygen atoms in total. The summed E-state index contributed by atoms with van der Waals surface area (Å²) in [5.41, 5.74) is 1.41. The second-order valence-corrected chi connectivity index (χ2v) is 6.90. The van der Waals surface area contributed by atoms with Gasteiger partial charge >= 0.3 is 0 Å². The van der Waals surface area contributed by atoms with Crippen LogP contribution in [0.2, 0.25) is 0 Å². The summed E-state index contributed by atoms with van der Waals surface area (Å²) in [7, 11) is 0. The Labute approximate surface area is 146 Å². The van der Waals surface area contributed by atoms with Gasteiger partial charge in [-0.2, -0.15) is 0 Å². The van der Waals surface area contributed by atoms with E-state index in [9.17, 15) is 9.59 Å². The molecule has 0 N–H and O–H groups in total. The number of rotatable bonds is 3. The molecule has 2 amide bonds. The first kappa shape index (κ1) is 17.1. The number of nitrogens with zero attached hydrogens (tertiary/aromatic N) is 6. The van der Waals surface area contributed by atoms with Gasteiger partial charge in [0.05, 0.1) is 17.6 Å². The Bertz CT molecular complexity index is 754. The lowest BCUT2D eigenvalue weighted by Gasteiger charge is -2.47. The van der Waals surface area contributed by atoms with Crippen LogP contribution in [0.3, 0.4) is 0 Å². The normalized spacial score (nSPS) is 16.8. The predicted octanol–water partition coefficient (Wildman–Crippen LogP) is 0.674. The zero-order valence-corrected chi connectivity index (χ0v) is 14.7. The third-order valence-electron chi connectivity index (χ3n) is 4.55. The quantitative estimate of drug-likeness (QED) is 0.819. The fraction of sp³-hybridized carbons (Fsp3) is 0.471. The average molecular weight is 342 g/mol. The molecule has 1 aromatic carbocycles. The number of piperazine rings is 1. The Balaban J connectivity index is 1.67. The standard InChI is InChI=1S/C17H22N6O2/c1-13(24)21-8-9-22(17(2,3)11-21)16(25)10-14-4-6-15(7-5-14)23-12-18-19-20-23/h4-7,12H,8-11H2,1-3H3. The lowest BCUT2D eigenvalue weighted by Crippen LogP contribution is -2.62. The van der Waals surface area contributed by atoms with Crippen molar-refractivity contribution in [2.75, 3.05) is 19.6 Å². The summed E-state index contributed by atoms with van der Waals surface area (Å²) in [6.07, 6.45) is 1.86. The van der Waals surface area contributed by atoms with Crippen molar-refractivity contribution >= 4 is 11.8 Å². The van der Waals surface area contributed by atoms with Gasteiger partial charge < -0.3 is 9.80 Å². The zero-order valence-electron chi connectivity index (χ0n) is 14.7. The first-order chi connectivity index (χ1) is 11.9. The molecule has 1 fully saturated rings. The molecule has 1 aliphatic heterocycles. The number of hydrogen-bond donors (Lipinski definition) is 0. The van der Waals surface area contributed by atoms with E-state index >= 15 is 0 Å². The van der Waals surface area contributed by atoms with E-state index in [1.165, 1.54) is 6.33 Å². The van der Waals surface area contributed by atoms with Crippen LogP contribution < -0.4 is 0 Å². The van der Waals surface area contributed by atoms with Crippen molar-refractivity contribution in [3.05, 3.63) is 36.2 Å². The highest BCUT2D eigenvalue weighted by Crippen LogP contribution is 2.22. The number of carbonyl (C=O) groups is 2. The third-order valence-corrected chi connectivity index (χ3v) is 4.55. The summed E-state index contributed by atoms with van der Waals surface area (Å²) in [5.74, 6) is 0.127. The summed E-state index contributed by atoms with van der Waals surface area (Å²) in [4.78, 5) is 28.0. The number of amides is 2. The van der Waals surface area contributed by atoms with Crippen LogP contribution >= 0.6 is 0 Å². The van der Waals surface area contributed by atoms with Gasteiger partial charge in [0.1, 0.15) is 6.33 Å². The highest BCUT2D eigenvalue weighted by Gasteiger charge is 2.37. The van der Waals surface area contributed by atoms with Crippen LogP contribution in [0.4, 0.5) is 0 Å². The smallest absolute Gasteiger partial charge is 0.227 e. The van der Waals surface area contributed by atoms with Crippen molar-refractivity contribution in [1.82, 2.24) is 30.0 Å². The molecule has 132 valence electrons. The third kappa shape index (κ3) is 3.67. The Morgan fingerprint density at radius 3 is 2.44 bits per heavy atom. The maximum atomic E-state index is 12.8. The molecule has 25 heavy (non-hydrogen) atoms. The molecule has 0 atom stereocenters. The van der Waals surface area contributed by atoms with Crippen LogP contribution in [0.1, 0.15) is 26.3 Å². The SMILES string of the molecule is CC(=O)N1CCN(C(=O)Cc2ccc(-n3cnnn3)cc2)C(C)(C)C1. The van der Waals surface area contributed by atoms with Gasteiger partial charge in [0.2, 0.25) is 11.8 Å². The number of tetrazole rings is 1. The first-order valence-electron chi connectivity index (χ1n) is 8.25. The highest BCUT2D eigenvalue weighted by atomic mass is 16.2. The van der Waals surface area contributed by atoms with Gasteiger partial charge in [0, 0.05) is 26.6 Å². The van der Waals surface area contributed by atoms with E-state index in [0.29, 0.717) is 26.1 Å². The van der Waals surface area contributed by atoms with Crippen LogP contribution in [-0.2, 0) is 16.0 Å². The molecule has 0 spiro atoms. The summed E-state index contributed by atoms with van der Waals surface area (Å²) in [6.45, 7) is 7.28. The second kappa shape index (κ2) is 6.62. The van der Waals surface area contributed by atoms with Crippen molar-refractivity contribution in [2.24, 2.45) is 0 Å². The molecule has 3 rings (SSSR count). The van der Waals surface area contributed by atoms with Gasteiger partial charge in [0.25, 0.3) is 0 Å².